The molecule has 0 spiro atoms. The van der Waals surface area contributed by atoms with Gasteiger partial charge in [0.15, 0.2) is 0 Å². The Kier molecular flexibility index (Phi) is 6.51. The van der Waals surface area contributed by atoms with Crippen molar-refractivity contribution in [3.05, 3.63) is 35.9 Å². The molecule has 0 amide bonds. The van der Waals surface area contributed by atoms with Crippen LogP contribution in [-0.2, 0) is 25.5 Å². The van der Waals surface area contributed by atoms with Crippen molar-refractivity contribution in [2.24, 2.45) is 11.7 Å². The van der Waals surface area contributed by atoms with Gasteiger partial charge >= 0.3 is 11.9 Å². The summed E-state index contributed by atoms with van der Waals surface area (Å²) in [6.45, 7) is 8.37. The van der Waals surface area contributed by atoms with E-state index in [2.05, 4.69) is 0 Å². The van der Waals surface area contributed by atoms with E-state index in [1.807, 2.05) is 6.07 Å². The van der Waals surface area contributed by atoms with Gasteiger partial charge in [0.2, 0.25) is 5.72 Å². The van der Waals surface area contributed by atoms with Gasteiger partial charge in [-0.2, -0.15) is 0 Å². The zero-order chi connectivity index (χ0) is 18.5. The summed E-state index contributed by atoms with van der Waals surface area (Å²) >= 11 is 0. The van der Waals surface area contributed by atoms with Crippen molar-refractivity contribution < 1.29 is 24.2 Å². The monoisotopic (exact) mass is 337 g/mol. The van der Waals surface area contributed by atoms with Gasteiger partial charge in [0.1, 0.15) is 11.5 Å². The van der Waals surface area contributed by atoms with Crippen LogP contribution in [0.4, 0.5) is 0 Å². The molecular formula is C18H27NO5. The Hall–Kier alpha value is -1.92. The summed E-state index contributed by atoms with van der Waals surface area (Å²) in [7, 11) is 0. The van der Waals surface area contributed by atoms with E-state index in [1.165, 1.54) is 0 Å². The summed E-state index contributed by atoms with van der Waals surface area (Å²) < 4.78 is 10.3. The molecule has 0 saturated carbocycles. The molecule has 0 saturated heterocycles. The molecule has 0 fully saturated rings. The fourth-order valence-electron chi connectivity index (χ4n) is 2.09. The van der Waals surface area contributed by atoms with E-state index in [-0.39, 0.29) is 6.42 Å². The first-order chi connectivity index (χ1) is 10.9. The van der Waals surface area contributed by atoms with Gasteiger partial charge in [-0.25, -0.2) is 4.79 Å². The number of carbonyl (C=O) groups is 2. The Labute approximate surface area is 142 Å². The van der Waals surface area contributed by atoms with Crippen LogP contribution >= 0.6 is 0 Å². The van der Waals surface area contributed by atoms with Gasteiger partial charge in [0.05, 0.1) is 6.10 Å². The third-order valence-corrected chi connectivity index (χ3v) is 3.17. The molecule has 1 aromatic carbocycles. The molecule has 6 heteroatoms. The molecule has 1 unspecified atom stereocenters. The molecule has 0 bridgehead atoms. The lowest BCUT2D eigenvalue weighted by atomic mass is 9.89. The summed E-state index contributed by atoms with van der Waals surface area (Å²) in [5.74, 6) is -3.09. The van der Waals surface area contributed by atoms with Crippen LogP contribution < -0.4 is 5.73 Å². The molecule has 0 aliphatic heterocycles. The first-order valence-corrected chi connectivity index (χ1v) is 7.92. The number of esters is 2. The topological polar surface area (TPSA) is 98.9 Å². The van der Waals surface area contributed by atoms with Crippen LogP contribution in [0.1, 0.15) is 40.2 Å². The molecule has 0 aliphatic rings. The molecule has 2 atom stereocenters. The number of aliphatic hydroxyl groups is 1. The third kappa shape index (κ3) is 5.94. The SMILES string of the molecule is CC(C)OC(=O)C(N)(O)[C@H](Cc1ccccc1)C(=O)OC(C)(C)C. The zero-order valence-corrected chi connectivity index (χ0v) is 14.9. The molecule has 0 radical (unpaired) electrons. The lowest BCUT2D eigenvalue weighted by Crippen LogP contribution is -2.59. The lowest BCUT2D eigenvalue weighted by molar-refractivity contribution is -0.188. The van der Waals surface area contributed by atoms with E-state index in [0.717, 1.165) is 5.56 Å². The quantitative estimate of drug-likeness (QED) is 0.606. The maximum atomic E-state index is 12.5. The Morgan fingerprint density at radius 1 is 1.17 bits per heavy atom. The summed E-state index contributed by atoms with van der Waals surface area (Å²) in [5.41, 5.74) is 3.29. The van der Waals surface area contributed by atoms with Crippen molar-refractivity contribution in [3.63, 3.8) is 0 Å². The van der Waals surface area contributed by atoms with Crippen LogP contribution in [-0.4, -0.2) is 34.5 Å². The minimum absolute atomic E-state index is 0.0515. The number of hydrogen-bond donors (Lipinski definition) is 2. The van der Waals surface area contributed by atoms with Gasteiger partial charge in [0, 0.05) is 0 Å². The molecule has 6 nitrogen and oxygen atoms in total. The van der Waals surface area contributed by atoms with E-state index < -0.39 is 35.3 Å². The average Bonchev–Trinajstić information content (AvgIpc) is 2.43. The second-order valence-electron chi connectivity index (χ2n) is 7.06. The molecule has 0 heterocycles. The highest BCUT2D eigenvalue weighted by atomic mass is 16.6. The predicted octanol–water partition coefficient (Wildman–Crippen LogP) is 1.79. The van der Waals surface area contributed by atoms with Crippen molar-refractivity contribution in [2.45, 2.75) is 58.5 Å². The van der Waals surface area contributed by atoms with Crippen molar-refractivity contribution >= 4 is 11.9 Å². The fraction of sp³-hybridized carbons (Fsp3) is 0.556. The van der Waals surface area contributed by atoms with Crippen LogP contribution in [0.2, 0.25) is 0 Å². The predicted molar refractivity (Wildman–Crippen MR) is 89.8 cm³/mol. The Bertz CT molecular complexity index is 561. The maximum absolute atomic E-state index is 12.5. The highest BCUT2D eigenvalue weighted by molar-refractivity contribution is 5.87. The number of carbonyl (C=O) groups excluding carboxylic acids is 2. The third-order valence-electron chi connectivity index (χ3n) is 3.17. The van der Waals surface area contributed by atoms with Crippen molar-refractivity contribution in [1.82, 2.24) is 0 Å². The highest BCUT2D eigenvalue weighted by Crippen LogP contribution is 2.24. The lowest BCUT2D eigenvalue weighted by Gasteiger charge is -2.32. The second-order valence-corrected chi connectivity index (χ2v) is 7.06. The zero-order valence-electron chi connectivity index (χ0n) is 14.9. The first kappa shape index (κ1) is 20.1. The van der Waals surface area contributed by atoms with Gasteiger partial charge in [-0.3, -0.25) is 10.5 Å². The highest BCUT2D eigenvalue weighted by Gasteiger charge is 2.48. The average molecular weight is 337 g/mol. The molecule has 1 aromatic rings. The molecule has 24 heavy (non-hydrogen) atoms. The van der Waals surface area contributed by atoms with E-state index in [4.69, 9.17) is 15.2 Å². The number of rotatable bonds is 6. The number of nitrogens with two attached hydrogens (primary N) is 1. The Balaban J connectivity index is 3.11. The van der Waals surface area contributed by atoms with E-state index in [9.17, 15) is 14.7 Å². The molecule has 3 N–H and O–H groups in total. The Morgan fingerprint density at radius 2 is 1.71 bits per heavy atom. The van der Waals surface area contributed by atoms with Gasteiger partial charge in [-0.05, 0) is 46.6 Å². The van der Waals surface area contributed by atoms with E-state index >= 15 is 0 Å². The number of benzene rings is 1. The fourth-order valence-corrected chi connectivity index (χ4v) is 2.09. The summed E-state index contributed by atoms with van der Waals surface area (Å²) in [6, 6.07) is 8.98. The van der Waals surface area contributed by atoms with Crippen molar-refractivity contribution in [2.75, 3.05) is 0 Å². The Morgan fingerprint density at radius 3 is 2.17 bits per heavy atom. The summed E-state index contributed by atoms with van der Waals surface area (Å²) in [4.78, 5) is 24.7. The summed E-state index contributed by atoms with van der Waals surface area (Å²) in [6.07, 6.45) is -0.417. The minimum Gasteiger partial charge on any atom is -0.460 e. The minimum atomic E-state index is -2.48. The second kappa shape index (κ2) is 7.77. The van der Waals surface area contributed by atoms with Crippen molar-refractivity contribution in [1.29, 1.82) is 0 Å². The first-order valence-electron chi connectivity index (χ1n) is 7.92. The van der Waals surface area contributed by atoms with E-state index in [1.54, 1.807) is 58.9 Å². The van der Waals surface area contributed by atoms with Gasteiger partial charge < -0.3 is 14.6 Å². The molecule has 0 aliphatic carbocycles. The van der Waals surface area contributed by atoms with Crippen LogP contribution in [0.5, 0.6) is 0 Å². The number of hydrogen-bond acceptors (Lipinski definition) is 6. The van der Waals surface area contributed by atoms with Gasteiger partial charge in [-0.1, -0.05) is 30.3 Å². The summed E-state index contributed by atoms with van der Waals surface area (Å²) in [5, 5.41) is 10.5. The van der Waals surface area contributed by atoms with E-state index in [0.29, 0.717) is 0 Å². The standard InChI is InChI=1S/C18H27NO5/c1-12(2)23-16(21)18(19,22)14(15(20)24-17(3,4)5)11-13-9-7-6-8-10-13/h6-10,12,14,22H,11,19H2,1-5H3/t14-,18?/m1/s1. The maximum Gasteiger partial charge on any atom is 0.354 e. The van der Waals surface area contributed by atoms with Crippen LogP contribution in [0.15, 0.2) is 30.3 Å². The van der Waals surface area contributed by atoms with Crippen LogP contribution in [0.25, 0.3) is 0 Å². The molecule has 1 rings (SSSR count). The van der Waals surface area contributed by atoms with Crippen molar-refractivity contribution in [3.8, 4) is 0 Å². The largest absolute Gasteiger partial charge is 0.460 e. The van der Waals surface area contributed by atoms with Crippen LogP contribution in [0.3, 0.4) is 0 Å². The molecular weight excluding hydrogens is 310 g/mol. The van der Waals surface area contributed by atoms with Gasteiger partial charge in [0.25, 0.3) is 0 Å². The van der Waals surface area contributed by atoms with Gasteiger partial charge in [-0.15, -0.1) is 0 Å². The molecule has 0 aromatic heterocycles. The smallest absolute Gasteiger partial charge is 0.354 e. The van der Waals surface area contributed by atoms with Crippen LogP contribution in [0, 0.1) is 5.92 Å². The number of ether oxygens (including phenoxy) is 2. The molecule has 134 valence electrons. The normalized spacial score (nSPS) is 15.5.